The highest BCUT2D eigenvalue weighted by Gasteiger charge is 2.45. The van der Waals surface area contributed by atoms with E-state index in [1.54, 1.807) is 6.92 Å². The fourth-order valence-corrected chi connectivity index (χ4v) is 2.94. The van der Waals surface area contributed by atoms with Crippen LogP contribution in [0.3, 0.4) is 0 Å². The molecule has 0 aromatic heterocycles. The summed E-state index contributed by atoms with van der Waals surface area (Å²) in [6.45, 7) is 13.8. The molecule has 1 N–H and O–H groups in total. The van der Waals surface area contributed by atoms with Crippen LogP contribution in [0.4, 0.5) is 0 Å². The Balaban J connectivity index is 5.03. The van der Waals surface area contributed by atoms with Crippen molar-refractivity contribution in [3.63, 3.8) is 0 Å². The SMILES string of the molecule is C[C@H](C(C)(C)C)C(C)(O[SiH](C)C)C(=O)O. The average Bonchev–Trinajstić information content (AvgIpc) is 1.99. The van der Waals surface area contributed by atoms with Crippen molar-refractivity contribution >= 4 is 15.0 Å². The molecule has 0 aliphatic carbocycles. The van der Waals surface area contributed by atoms with Crippen molar-refractivity contribution in [1.29, 1.82) is 0 Å². The van der Waals surface area contributed by atoms with E-state index in [4.69, 9.17) is 4.43 Å². The summed E-state index contributed by atoms with van der Waals surface area (Å²) in [5.74, 6) is -0.886. The van der Waals surface area contributed by atoms with Crippen LogP contribution in [0.5, 0.6) is 0 Å². The third kappa shape index (κ3) is 3.61. The summed E-state index contributed by atoms with van der Waals surface area (Å²) in [5.41, 5.74) is -1.13. The summed E-state index contributed by atoms with van der Waals surface area (Å²) in [7, 11) is -1.36. The van der Waals surface area contributed by atoms with Crippen molar-refractivity contribution in [2.24, 2.45) is 11.3 Å². The van der Waals surface area contributed by atoms with E-state index < -0.39 is 20.6 Å². The predicted octanol–water partition coefficient (Wildman–Crippen LogP) is 2.51. The van der Waals surface area contributed by atoms with Crippen LogP contribution in [0, 0.1) is 11.3 Å². The molecule has 0 spiro atoms. The highest BCUT2D eigenvalue weighted by Crippen LogP contribution is 2.37. The maximum atomic E-state index is 11.3. The number of hydrogen-bond donors (Lipinski definition) is 1. The van der Waals surface area contributed by atoms with Crippen molar-refractivity contribution in [2.75, 3.05) is 0 Å². The molecule has 0 rings (SSSR count). The van der Waals surface area contributed by atoms with E-state index in [-0.39, 0.29) is 11.3 Å². The lowest BCUT2D eigenvalue weighted by molar-refractivity contribution is -0.162. The van der Waals surface area contributed by atoms with Crippen LogP contribution in [0.2, 0.25) is 13.1 Å². The second-order valence-electron chi connectivity index (χ2n) is 5.67. The predicted molar refractivity (Wildman–Crippen MR) is 64.6 cm³/mol. The number of hydrogen-bond acceptors (Lipinski definition) is 2. The Hall–Kier alpha value is -0.353. The average molecular weight is 232 g/mol. The molecule has 0 radical (unpaired) electrons. The van der Waals surface area contributed by atoms with Crippen LogP contribution in [0.25, 0.3) is 0 Å². The molecule has 0 heterocycles. The number of aliphatic carboxylic acids is 1. The third-order valence-corrected chi connectivity index (χ3v) is 3.99. The van der Waals surface area contributed by atoms with Crippen molar-refractivity contribution in [2.45, 2.75) is 53.3 Å². The smallest absolute Gasteiger partial charge is 0.334 e. The molecule has 0 aromatic rings. The van der Waals surface area contributed by atoms with E-state index in [0.29, 0.717) is 0 Å². The Labute approximate surface area is 94.6 Å². The molecule has 1 unspecified atom stereocenters. The summed E-state index contributed by atoms with van der Waals surface area (Å²) in [6, 6.07) is 0. The standard InChI is InChI=1S/C11H24O3Si/c1-8(10(2,3)4)11(5,9(12)13)14-15(6)7/h8,15H,1-7H3,(H,12,13)/t8-,11?/m1/s1. The molecule has 0 aromatic carbocycles. The van der Waals surface area contributed by atoms with Crippen molar-refractivity contribution < 1.29 is 14.3 Å². The van der Waals surface area contributed by atoms with Crippen LogP contribution in [0.15, 0.2) is 0 Å². The Bertz CT molecular complexity index is 232. The van der Waals surface area contributed by atoms with Gasteiger partial charge in [-0.1, -0.05) is 27.7 Å². The molecule has 0 fully saturated rings. The van der Waals surface area contributed by atoms with Gasteiger partial charge in [0.2, 0.25) is 0 Å². The molecule has 0 saturated carbocycles. The zero-order chi connectivity index (χ0) is 12.4. The van der Waals surface area contributed by atoms with Gasteiger partial charge in [0.05, 0.1) is 0 Å². The van der Waals surface area contributed by atoms with E-state index >= 15 is 0 Å². The minimum Gasteiger partial charge on any atom is -0.479 e. The minimum atomic E-state index is -1.36. The Morgan fingerprint density at radius 1 is 1.27 bits per heavy atom. The number of carboxylic acids is 1. The molecule has 3 nitrogen and oxygen atoms in total. The zero-order valence-corrected chi connectivity index (χ0v) is 12.1. The summed E-state index contributed by atoms with van der Waals surface area (Å²) >= 11 is 0. The Morgan fingerprint density at radius 3 is 1.87 bits per heavy atom. The van der Waals surface area contributed by atoms with Crippen molar-refractivity contribution in [3.05, 3.63) is 0 Å². The Morgan fingerprint density at radius 2 is 1.67 bits per heavy atom. The van der Waals surface area contributed by atoms with E-state index in [2.05, 4.69) is 0 Å². The van der Waals surface area contributed by atoms with Gasteiger partial charge in [-0.05, 0) is 31.4 Å². The molecule has 90 valence electrons. The second-order valence-corrected chi connectivity index (χ2v) is 8.00. The quantitative estimate of drug-likeness (QED) is 0.758. The van der Waals surface area contributed by atoms with Gasteiger partial charge in [0.1, 0.15) is 0 Å². The maximum absolute atomic E-state index is 11.3. The van der Waals surface area contributed by atoms with Gasteiger partial charge in [0.15, 0.2) is 14.6 Å². The fourth-order valence-electron chi connectivity index (χ4n) is 1.65. The first-order chi connectivity index (χ1) is 6.51. The van der Waals surface area contributed by atoms with E-state index in [9.17, 15) is 9.90 Å². The molecular weight excluding hydrogens is 208 g/mol. The molecule has 0 aliphatic rings. The molecule has 0 saturated heterocycles. The van der Waals surface area contributed by atoms with Crippen LogP contribution in [0.1, 0.15) is 34.6 Å². The first-order valence-electron chi connectivity index (χ1n) is 5.43. The minimum absolute atomic E-state index is 0.0302. The van der Waals surface area contributed by atoms with Crippen LogP contribution < -0.4 is 0 Å². The van der Waals surface area contributed by atoms with Crippen molar-refractivity contribution in [1.82, 2.24) is 0 Å². The highest BCUT2D eigenvalue weighted by atomic mass is 28.3. The first-order valence-corrected chi connectivity index (χ1v) is 8.21. The lowest BCUT2D eigenvalue weighted by atomic mass is 9.72. The summed E-state index contributed by atoms with van der Waals surface area (Å²) in [4.78, 5) is 11.3. The fraction of sp³-hybridized carbons (Fsp3) is 0.909. The van der Waals surface area contributed by atoms with Gasteiger partial charge in [-0.15, -0.1) is 0 Å². The summed E-state index contributed by atoms with van der Waals surface area (Å²) < 4.78 is 5.73. The van der Waals surface area contributed by atoms with Gasteiger partial charge in [0.25, 0.3) is 0 Å². The largest absolute Gasteiger partial charge is 0.479 e. The van der Waals surface area contributed by atoms with Gasteiger partial charge >= 0.3 is 5.97 Å². The zero-order valence-electron chi connectivity index (χ0n) is 10.9. The van der Waals surface area contributed by atoms with E-state index in [0.717, 1.165) is 0 Å². The van der Waals surface area contributed by atoms with Crippen LogP contribution in [-0.4, -0.2) is 25.7 Å². The topological polar surface area (TPSA) is 46.5 Å². The molecule has 2 atom stereocenters. The molecule has 4 heteroatoms. The van der Waals surface area contributed by atoms with Crippen LogP contribution >= 0.6 is 0 Å². The Kier molecular flexibility index (Phi) is 4.55. The van der Waals surface area contributed by atoms with Gasteiger partial charge in [-0.25, -0.2) is 4.79 Å². The number of carbonyl (C=O) groups is 1. The number of rotatable bonds is 4. The van der Waals surface area contributed by atoms with Gasteiger partial charge in [-0.2, -0.15) is 0 Å². The second kappa shape index (κ2) is 4.66. The third-order valence-electron chi connectivity index (χ3n) is 3.03. The van der Waals surface area contributed by atoms with Crippen molar-refractivity contribution in [3.8, 4) is 0 Å². The summed E-state index contributed by atoms with van der Waals surface area (Å²) in [5, 5.41) is 9.31. The molecule has 0 aliphatic heterocycles. The highest BCUT2D eigenvalue weighted by molar-refractivity contribution is 6.48. The normalized spacial score (nSPS) is 18.7. The molecule has 0 amide bonds. The van der Waals surface area contributed by atoms with E-state index in [1.807, 2.05) is 40.8 Å². The maximum Gasteiger partial charge on any atom is 0.334 e. The monoisotopic (exact) mass is 232 g/mol. The lowest BCUT2D eigenvalue weighted by Crippen LogP contribution is -2.51. The van der Waals surface area contributed by atoms with Gasteiger partial charge < -0.3 is 9.53 Å². The van der Waals surface area contributed by atoms with Crippen LogP contribution in [-0.2, 0) is 9.22 Å². The lowest BCUT2D eigenvalue weighted by Gasteiger charge is -2.41. The summed E-state index contributed by atoms with van der Waals surface area (Å²) in [6.07, 6.45) is 0. The molecular formula is C11H24O3Si. The molecule has 0 bridgehead atoms. The molecule has 15 heavy (non-hydrogen) atoms. The number of carboxylic acid groups (broad SMARTS) is 1. The van der Waals surface area contributed by atoms with Gasteiger partial charge in [0, 0.05) is 0 Å². The van der Waals surface area contributed by atoms with E-state index in [1.165, 1.54) is 0 Å². The first kappa shape index (κ1) is 14.6. The van der Waals surface area contributed by atoms with Gasteiger partial charge in [-0.3, -0.25) is 0 Å².